The Hall–Kier alpha value is -1.61. The van der Waals surface area contributed by atoms with E-state index >= 15 is 0 Å². The van der Waals surface area contributed by atoms with E-state index in [1.807, 2.05) is 39.2 Å². The van der Waals surface area contributed by atoms with Crippen LogP contribution in [-0.4, -0.2) is 44.2 Å². The van der Waals surface area contributed by atoms with Crippen molar-refractivity contribution in [1.29, 1.82) is 0 Å². The molecule has 1 rings (SSSR count). The first-order valence-electron chi connectivity index (χ1n) is 6.09. The van der Waals surface area contributed by atoms with Gasteiger partial charge >= 0.3 is 5.97 Å². The SMILES string of the molecule is COC(=O)C(C)[N+](C)(C)CC=Cc1ccccc1. The molecule has 0 aliphatic heterocycles. The van der Waals surface area contributed by atoms with E-state index in [0.717, 1.165) is 6.54 Å². The number of carbonyl (C=O) groups excluding carboxylic acids is 1. The molecule has 0 aliphatic carbocycles. The van der Waals surface area contributed by atoms with Gasteiger partial charge in [-0.3, -0.25) is 0 Å². The molecule has 0 spiro atoms. The van der Waals surface area contributed by atoms with Crippen LogP contribution in [0.15, 0.2) is 36.4 Å². The van der Waals surface area contributed by atoms with Crippen molar-refractivity contribution in [2.45, 2.75) is 13.0 Å². The van der Waals surface area contributed by atoms with E-state index in [2.05, 4.69) is 24.3 Å². The number of ether oxygens (including phenoxy) is 1. The lowest BCUT2D eigenvalue weighted by Crippen LogP contribution is -2.51. The van der Waals surface area contributed by atoms with E-state index in [9.17, 15) is 4.79 Å². The Kier molecular flexibility index (Phi) is 5.10. The minimum Gasteiger partial charge on any atom is -0.465 e. The molecule has 0 aromatic heterocycles. The van der Waals surface area contributed by atoms with Crippen molar-refractivity contribution in [3.63, 3.8) is 0 Å². The lowest BCUT2D eigenvalue weighted by molar-refractivity contribution is -0.899. The van der Waals surface area contributed by atoms with Crippen LogP contribution in [0.2, 0.25) is 0 Å². The average molecular weight is 248 g/mol. The zero-order chi connectivity index (χ0) is 13.6. The maximum atomic E-state index is 11.5. The average Bonchev–Trinajstić information content (AvgIpc) is 2.38. The lowest BCUT2D eigenvalue weighted by Gasteiger charge is -2.33. The van der Waals surface area contributed by atoms with Crippen LogP contribution in [-0.2, 0) is 9.53 Å². The molecule has 0 N–H and O–H groups in total. The topological polar surface area (TPSA) is 26.3 Å². The fourth-order valence-corrected chi connectivity index (χ4v) is 1.64. The van der Waals surface area contributed by atoms with Crippen molar-refractivity contribution in [2.24, 2.45) is 0 Å². The predicted molar refractivity (Wildman–Crippen MR) is 73.9 cm³/mol. The highest BCUT2D eigenvalue weighted by atomic mass is 16.5. The van der Waals surface area contributed by atoms with Crippen LogP contribution in [0.3, 0.4) is 0 Å². The summed E-state index contributed by atoms with van der Waals surface area (Å²) in [7, 11) is 5.48. The third-order valence-corrected chi connectivity index (χ3v) is 3.28. The van der Waals surface area contributed by atoms with Crippen LogP contribution in [0.5, 0.6) is 0 Å². The molecule has 1 aromatic carbocycles. The number of quaternary nitrogens is 1. The molecule has 0 radical (unpaired) electrons. The highest BCUT2D eigenvalue weighted by Gasteiger charge is 2.30. The van der Waals surface area contributed by atoms with Crippen LogP contribution in [0.4, 0.5) is 0 Å². The Bertz CT molecular complexity index is 410. The number of methoxy groups -OCH3 is 1. The van der Waals surface area contributed by atoms with Gasteiger partial charge < -0.3 is 9.22 Å². The molecule has 0 aliphatic rings. The van der Waals surface area contributed by atoms with Crippen molar-refractivity contribution in [3.05, 3.63) is 42.0 Å². The number of benzene rings is 1. The van der Waals surface area contributed by atoms with E-state index in [1.165, 1.54) is 12.7 Å². The minimum absolute atomic E-state index is 0.171. The fraction of sp³-hybridized carbons (Fsp3) is 0.400. The maximum absolute atomic E-state index is 11.5. The summed E-state index contributed by atoms with van der Waals surface area (Å²) in [6.45, 7) is 2.67. The number of likely N-dealkylation sites (N-methyl/N-ethyl adjacent to an activating group) is 1. The summed E-state index contributed by atoms with van der Waals surface area (Å²) in [6, 6.07) is 9.96. The van der Waals surface area contributed by atoms with Crippen molar-refractivity contribution >= 4 is 12.0 Å². The zero-order valence-electron chi connectivity index (χ0n) is 11.6. The molecule has 0 saturated carbocycles. The third kappa shape index (κ3) is 4.00. The van der Waals surface area contributed by atoms with Gasteiger partial charge in [0.05, 0.1) is 27.7 Å². The Balaban J connectivity index is 2.61. The molecule has 98 valence electrons. The summed E-state index contributed by atoms with van der Waals surface area (Å²) < 4.78 is 5.36. The molecule has 1 unspecified atom stereocenters. The van der Waals surface area contributed by atoms with E-state index in [1.54, 1.807) is 0 Å². The highest BCUT2D eigenvalue weighted by Crippen LogP contribution is 2.09. The van der Waals surface area contributed by atoms with Crippen LogP contribution < -0.4 is 0 Å². The highest BCUT2D eigenvalue weighted by molar-refractivity contribution is 5.73. The first kappa shape index (κ1) is 14.5. The molecule has 3 heteroatoms. The van der Waals surface area contributed by atoms with Crippen LogP contribution in [0.1, 0.15) is 12.5 Å². The Labute approximate surface area is 109 Å². The van der Waals surface area contributed by atoms with Gasteiger partial charge in [0.25, 0.3) is 0 Å². The molecule has 0 saturated heterocycles. The standard InChI is InChI=1S/C15H22NO2/c1-13(15(17)18-4)16(2,3)12-8-11-14-9-6-5-7-10-14/h5-11,13H,12H2,1-4H3/q+1. The van der Waals surface area contributed by atoms with Gasteiger partial charge in [-0.1, -0.05) is 36.4 Å². The monoisotopic (exact) mass is 248 g/mol. The Morgan fingerprint density at radius 1 is 1.33 bits per heavy atom. The zero-order valence-corrected chi connectivity index (χ0v) is 11.6. The van der Waals surface area contributed by atoms with Gasteiger partial charge in [-0.2, -0.15) is 0 Å². The summed E-state index contributed by atoms with van der Waals surface area (Å²) >= 11 is 0. The number of carbonyl (C=O) groups is 1. The molecule has 0 bridgehead atoms. The summed E-state index contributed by atoms with van der Waals surface area (Å²) in [4.78, 5) is 11.5. The number of hydrogen-bond acceptors (Lipinski definition) is 2. The summed E-state index contributed by atoms with van der Waals surface area (Å²) in [6.07, 6.45) is 4.17. The van der Waals surface area contributed by atoms with Crippen molar-refractivity contribution in [3.8, 4) is 0 Å². The van der Waals surface area contributed by atoms with Crippen LogP contribution in [0.25, 0.3) is 6.08 Å². The van der Waals surface area contributed by atoms with Crippen molar-refractivity contribution < 1.29 is 14.0 Å². The minimum atomic E-state index is -0.173. The predicted octanol–water partition coefficient (Wildman–Crippen LogP) is 2.34. The van der Waals surface area contributed by atoms with Crippen LogP contribution in [0, 0.1) is 0 Å². The molecule has 0 amide bonds. The quantitative estimate of drug-likeness (QED) is 0.590. The van der Waals surface area contributed by atoms with Gasteiger partial charge in [-0.15, -0.1) is 0 Å². The number of rotatable bonds is 5. The molecule has 18 heavy (non-hydrogen) atoms. The largest absolute Gasteiger partial charge is 0.465 e. The number of esters is 1. The van der Waals surface area contributed by atoms with Crippen molar-refractivity contribution in [2.75, 3.05) is 27.7 Å². The van der Waals surface area contributed by atoms with Gasteiger partial charge in [-0.25, -0.2) is 4.79 Å². The molecular weight excluding hydrogens is 226 g/mol. The molecule has 0 fully saturated rings. The summed E-state index contributed by atoms with van der Waals surface area (Å²) in [5.74, 6) is -0.173. The molecule has 3 nitrogen and oxygen atoms in total. The van der Waals surface area contributed by atoms with Crippen LogP contribution >= 0.6 is 0 Å². The van der Waals surface area contributed by atoms with E-state index in [0.29, 0.717) is 4.48 Å². The normalized spacial score (nSPS) is 13.6. The smallest absolute Gasteiger partial charge is 0.364 e. The van der Waals surface area contributed by atoms with Gasteiger partial charge in [0, 0.05) is 0 Å². The molecule has 1 aromatic rings. The summed E-state index contributed by atoms with van der Waals surface area (Å²) in [5, 5.41) is 0. The molecular formula is C15H22NO2+. The van der Waals surface area contributed by atoms with Crippen molar-refractivity contribution in [1.82, 2.24) is 0 Å². The van der Waals surface area contributed by atoms with Gasteiger partial charge in [-0.05, 0) is 18.6 Å². The Morgan fingerprint density at radius 2 is 1.94 bits per heavy atom. The maximum Gasteiger partial charge on any atom is 0.364 e. The summed E-state index contributed by atoms with van der Waals surface area (Å²) in [5.41, 5.74) is 1.17. The second-order valence-corrected chi connectivity index (χ2v) is 4.97. The number of nitrogens with zero attached hydrogens (tertiary/aromatic N) is 1. The van der Waals surface area contributed by atoms with Gasteiger partial charge in [0.15, 0.2) is 6.04 Å². The van der Waals surface area contributed by atoms with E-state index in [-0.39, 0.29) is 12.0 Å². The van der Waals surface area contributed by atoms with Gasteiger partial charge in [0.2, 0.25) is 0 Å². The second-order valence-electron chi connectivity index (χ2n) is 4.97. The van der Waals surface area contributed by atoms with E-state index in [4.69, 9.17) is 4.74 Å². The molecule has 1 atom stereocenters. The van der Waals surface area contributed by atoms with Gasteiger partial charge in [0.1, 0.15) is 0 Å². The fourth-order valence-electron chi connectivity index (χ4n) is 1.64. The first-order valence-corrected chi connectivity index (χ1v) is 6.09. The lowest BCUT2D eigenvalue weighted by atomic mass is 10.2. The first-order chi connectivity index (χ1) is 8.47. The Morgan fingerprint density at radius 3 is 2.50 bits per heavy atom. The second kappa shape index (κ2) is 6.36. The molecule has 0 heterocycles. The van der Waals surface area contributed by atoms with E-state index < -0.39 is 0 Å². The third-order valence-electron chi connectivity index (χ3n) is 3.28. The number of hydrogen-bond donors (Lipinski definition) is 0.